The number of phosphoric acid groups is 1. The molecule has 17 nitrogen and oxygen atoms in total. The van der Waals surface area contributed by atoms with Gasteiger partial charge in [-0.05, 0) is 50.3 Å². The maximum absolute atomic E-state index is 13.6. The van der Waals surface area contributed by atoms with Crippen molar-refractivity contribution in [1.82, 2.24) is 21.3 Å². The van der Waals surface area contributed by atoms with Crippen molar-refractivity contribution in [2.24, 2.45) is 5.92 Å². The number of phenolic OH excluding ortho intramolecular Hbond substituents is 1. The van der Waals surface area contributed by atoms with Gasteiger partial charge in [0.1, 0.15) is 23.9 Å². The van der Waals surface area contributed by atoms with Crippen LogP contribution in [-0.4, -0.2) is 95.2 Å². The van der Waals surface area contributed by atoms with Crippen LogP contribution >= 0.6 is 7.82 Å². The Hall–Kier alpha value is -4.05. The van der Waals surface area contributed by atoms with Gasteiger partial charge in [-0.2, -0.15) is 0 Å². The van der Waals surface area contributed by atoms with Crippen molar-refractivity contribution in [1.29, 1.82) is 0 Å². The molecule has 0 radical (unpaired) electrons. The van der Waals surface area contributed by atoms with Gasteiger partial charge in [-0.15, -0.1) is 0 Å². The van der Waals surface area contributed by atoms with Gasteiger partial charge in [0, 0.05) is 32.4 Å². The molecule has 0 aliphatic rings. The van der Waals surface area contributed by atoms with Crippen LogP contribution in [0.15, 0.2) is 24.3 Å². The summed E-state index contributed by atoms with van der Waals surface area (Å²) in [7, 11) is -4.88. The number of ether oxygens (including phenoxy) is 1. The van der Waals surface area contributed by atoms with E-state index >= 15 is 0 Å². The lowest BCUT2D eigenvalue weighted by Gasteiger charge is -2.22. The zero-order valence-corrected chi connectivity index (χ0v) is 45.4. The van der Waals surface area contributed by atoms with Gasteiger partial charge >= 0.3 is 19.8 Å². The van der Waals surface area contributed by atoms with Crippen LogP contribution in [0.25, 0.3) is 0 Å². The van der Waals surface area contributed by atoms with Crippen LogP contribution in [0, 0.1) is 5.92 Å². The molecule has 5 atom stereocenters. The first-order chi connectivity index (χ1) is 34.6. The van der Waals surface area contributed by atoms with Crippen molar-refractivity contribution in [3.05, 3.63) is 29.8 Å². The van der Waals surface area contributed by atoms with E-state index in [0.29, 0.717) is 31.2 Å². The van der Waals surface area contributed by atoms with E-state index in [9.17, 15) is 48.4 Å². The van der Waals surface area contributed by atoms with Crippen LogP contribution < -0.4 is 21.3 Å². The van der Waals surface area contributed by atoms with Gasteiger partial charge < -0.3 is 41.1 Å². The summed E-state index contributed by atoms with van der Waals surface area (Å²) in [6.07, 6.45) is 28.4. The summed E-state index contributed by atoms with van der Waals surface area (Å²) in [5.41, 5.74) is 0.512. The minimum Gasteiger partial charge on any atom is -0.508 e. The van der Waals surface area contributed by atoms with Crippen LogP contribution in [-0.2, 0) is 53.5 Å². The second-order valence-electron chi connectivity index (χ2n) is 19.3. The highest BCUT2D eigenvalue weighted by Crippen LogP contribution is 2.43. The van der Waals surface area contributed by atoms with Crippen LogP contribution in [0.3, 0.4) is 0 Å². The molecule has 18 heteroatoms. The maximum atomic E-state index is 13.6. The summed E-state index contributed by atoms with van der Waals surface area (Å²) in [6, 6.07) is 2.90. The number of hydrogen-bond donors (Lipinski definition) is 7. The Balaban J connectivity index is 2.88. The molecule has 0 saturated carbocycles. The van der Waals surface area contributed by atoms with Crippen LogP contribution in [0.4, 0.5) is 0 Å². The van der Waals surface area contributed by atoms with Crippen molar-refractivity contribution in [2.75, 3.05) is 26.3 Å². The standard InChI is InChI=1S/C54H95N4O13P/c1-5-8-11-14-16-18-19-21-22-25-28-31-48(60)57-47(52(63)55-38-37-46(30-27-24-13-10-7-3)71-50(62)32-29-26-23-20-17-15-12-9-6-2)42-70-72(67,68)69-40-39-56-53(64)51(43(4)54(65)66)58-49(61)41-44-33-35-45(59)36-34-44/h33-36,43,46-47,51,59H,5-32,37-42H2,1-4H3,(H,55,63)(H,56,64)(H,57,60)(H,58,61)(H,65,66)(H,67,68)/t43-,46?,47+,51+/m1/s1. The normalized spacial score (nSPS) is 13.8. The smallest absolute Gasteiger partial charge is 0.472 e. The molecule has 0 heterocycles. The number of hydrogen-bond acceptors (Lipinski definition) is 11. The summed E-state index contributed by atoms with van der Waals surface area (Å²) >= 11 is 0. The molecule has 0 aliphatic heterocycles. The number of nitrogens with one attached hydrogen (secondary N) is 4. The van der Waals surface area contributed by atoms with E-state index in [1.807, 2.05) is 0 Å². The molecule has 4 amide bonds. The average Bonchev–Trinajstić information content (AvgIpc) is 3.34. The number of unbranched alkanes of at least 4 members (excludes halogenated alkanes) is 22. The fraction of sp³-hybridized carbons (Fsp3) is 0.778. The predicted molar refractivity (Wildman–Crippen MR) is 281 cm³/mol. The number of benzene rings is 1. The van der Waals surface area contributed by atoms with E-state index in [1.54, 1.807) is 0 Å². The van der Waals surface area contributed by atoms with Gasteiger partial charge in [0.15, 0.2) is 0 Å². The van der Waals surface area contributed by atoms with E-state index in [0.717, 1.165) is 77.0 Å². The van der Waals surface area contributed by atoms with Gasteiger partial charge in [0.05, 0.1) is 25.6 Å². The Kier molecular flexibility index (Phi) is 38.8. The second kappa shape index (κ2) is 42.3. The lowest BCUT2D eigenvalue weighted by atomic mass is 10.0. The van der Waals surface area contributed by atoms with Crippen molar-refractivity contribution in [3.8, 4) is 5.75 Å². The molecule has 0 aliphatic carbocycles. The number of carbonyl (C=O) groups excluding carboxylic acids is 5. The first kappa shape index (κ1) is 66.0. The Bertz CT molecular complexity index is 1680. The van der Waals surface area contributed by atoms with Gasteiger partial charge in [-0.1, -0.05) is 174 Å². The number of phenols is 1. The molecule has 0 spiro atoms. The zero-order chi connectivity index (χ0) is 53.2. The molecule has 2 unspecified atom stereocenters. The van der Waals surface area contributed by atoms with Gasteiger partial charge in [-0.25, -0.2) is 4.57 Å². The molecule has 1 aromatic carbocycles. The Morgan fingerprint density at radius 1 is 0.583 bits per heavy atom. The number of carboxylic acid groups (broad SMARTS) is 1. The topological polar surface area (TPSA) is 256 Å². The molecule has 7 N–H and O–H groups in total. The summed E-state index contributed by atoms with van der Waals surface area (Å²) in [4.78, 5) is 87.9. The molecule has 0 saturated heterocycles. The summed E-state index contributed by atoms with van der Waals surface area (Å²) in [6.45, 7) is 6.22. The van der Waals surface area contributed by atoms with E-state index in [4.69, 9.17) is 13.8 Å². The first-order valence-corrected chi connectivity index (χ1v) is 29.1. The van der Waals surface area contributed by atoms with E-state index < -0.39 is 74.7 Å². The first-order valence-electron chi connectivity index (χ1n) is 27.6. The van der Waals surface area contributed by atoms with Crippen molar-refractivity contribution in [3.63, 3.8) is 0 Å². The third-order valence-corrected chi connectivity index (χ3v) is 13.7. The number of carboxylic acids is 1. The SMILES string of the molecule is CCCCCCCCCCCCCC(=O)N[C@@H](COP(=O)(O)OCCNC(=O)[C@@H](NC(=O)Cc1ccc(O)cc1)[C@@H](C)C(=O)O)C(=O)NCCC(CCCCCCC)OC(=O)CCCCCCCCCCC. The van der Waals surface area contributed by atoms with E-state index in [2.05, 4.69) is 42.0 Å². The zero-order valence-electron chi connectivity index (χ0n) is 44.5. The molecule has 72 heavy (non-hydrogen) atoms. The third-order valence-electron chi connectivity index (χ3n) is 12.7. The van der Waals surface area contributed by atoms with E-state index in [-0.39, 0.29) is 37.6 Å². The number of phosphoric ester groups is 1. The lowest BCUT2D eigenvalue weighted by Crippen LogP contribution is -2.53. The van der Waals surface area contributed by atoms with Gasteiger partial charge in [0.25, 0.3) is 0 Å². The highest BCUT2D eigenvalue weighted by atomic mass is 31.2. The Morgan fingerprint density at radius 2 is 1.07 bits per heavy atom. The van der Waals surface area contributed by atoms with E-state index in [1.165, 1.54) is 108 Å². The third kappa shape index (κ3) is 35.2. The largest absolute Gasteiger partial charge is 0.508 e. The van der Waals surface area contributed by atoms with Crippen molar-refractivity contribution >= 4 is 43.4 Å². The highest BCUT2D eigenvalue weighted by molar-refractivity contribution is 7.47. The summed E-state index contributed by atoms with van der Waals surface area (Å²) < 4.78 is 29.2. The van der Waals surface area contributed by atoms with Crippen molar-refractivity contribution < 1.29 is 62.2 Å². The van der Waals surface area contributed by atoms with Gasteiger partial charge in [-0.3, -0.25) is 37.8 Å². The lowest BCUT2D eigenvalue weighted by molar-refractivity contribution is -0.150. The quantitative estimate of drug-likeness (QED) is 0.0182. The van der Waals surface area contributed by atoms with Crippen LogP contribution in [0.2, 0.25) is 0 Å². The molecule has 1 rings (SSSR count). The number of rotatable bonds is 47. The molecular formula is C54H95N4O13P. The maximum Gasteiger partial charge on any atom is 0.472 e. The monoisotopic (exact) mass is 1040 g/mol. The fourth-order valence-electron chi connectivity index (χ4n) is 8.18. The number of amides is 4. The highest BCUT2D eigenvalue weighted by Gasteiger charge is 2.32. The summed E-state index contributed by atoms with van der Waals surface area (Å²) in [5.74, 6) is -5.59. The molecule has 0 fully saturated rings. The van der Waals surface area contributed by atoms with Crippen LogP contribution in [0.1, 0.15) is 219 Å². The Labute approximate surface area is 431 Å². The minimum absolute atomic E-state index is 0.00310. The number of aromatic hydroxyl groups is 1. The number of esters is 1. The fourth-order valence-corrected chi connectivity index (χ4v) is 8.91. The summed E-state index contributed by atoms with van der Waals surface area (Å²) in [5, 5.41) is 29.4. The average molecular weight is 1040 g/mol. The molecule has 0 bridgehead atoms. The second-order valence-corrected chi connectivity index (χ2v) is 20.7. The Morgan fingerprint density at radius 3 is 1.60 bits per heavy atom. The molecule has 414 valence electrons. The minimum atomic E-state index is -4.88. The van der Waals surface area contributed by atoms with Gasteiger partial charge in [0.2, 0.25) is 23.6 Å². The molecular weight excluding hydrogens is 944 g/mol. The molecule has 0 aromatic heterocycles. The number of aliphatic carboxylic acids is 1. The predicted octanol–water partition coefficient (Wildman–Crippen LogP) is 10.3. The molecule has 1 aromatic rings. The number of carbonyl (C=O) groups is 6. The van der Waals surface area contributed by atoms with Crippen molar-refractivity contribution in [2.45, 2.75) is 239 Å². The van der Waals surface area contributed by atoms with Crippen LogP contribution in [0.5, 0.6) is 5.75 Å².